The van der Waals surface area contributed by atoms with Crippen LogP contribution in [0.3, 0.4) is 0 Å². The number of hydrogen-bond acceptors (Lipinski definition) is 4. The smallest absolute Gasteiger partial charge is 0.203 e. The third-order valence-electron chi connectivity index (χ3n) is 2.68. The Labute approximate surface area is 115 Å². The van der Waals surface area contributed by atoms with Crippen molar-refractivity contribution in [2.24, 2.45) is 0 Å². The number of methoxy groups -OCH3 is 2. The third-order valence-corrected chi connectivity index (χ3v) is 2.68. The summed E-state index contributed by atoms with van der Waals surface area (Å²) in [5.74, 6) is 2.02. The van der Waals surface area contributed by atoms with E-state index < -0.39 is 0 Å². The Morgan fingerprint density at radius 1 is 1.21 bits per heavy atom. The Hall–Kier alpha value is -1.68. The summed E-state index contributed by atoms with van der Waals surface area (Å²) < 4.78 is 16.5. The molecular weight excluding hydrogens is 242 g/mol. The molecule has 106 valence electrons. The van der Waals surface area contributed by atoms with Crippen molar-refractivity contribution < 1.29 is 14.2 Å². The van der Waals surface area contributed by atoms with Crippen molar-refractivity contribution in [3.63, 3.8) is 0 Å². The molecule has 0 saturated heterocycles. The number of rotatable bonds is 8. The van der Waals surface area contributed by atoms with E-state index in [2.05, 4.69) is 11.9 Å². The van der Waals surface area contributed by atoms with E-state index in [4.69, 9.17) is 14.2 Å². The van der Waals surface area contributed by atoms with Crippen molar-refractivity contribution >= 4 is 0 Å². The molecule has 0 amide bonds. The van der Waals surface area contributed by atoms with Crippen LogP contribution in [-0.2, 0) is 6.54 Å². The van der Waals surface area contributed by atoms with Gasteiger partial charge in [0.25, 0.3) is 0 Å². The Morgan fingerprint density at radius 3 is 2.21 bits per heavy atom. The second-order valence-corrected chi connectivity index (χ2v) is 4.42. The summed E-state index contributed by atoms with van der Waals surface area (Å²) in [5.41, 5.74) is 2.17. The first-order valence-electron chi connectivity index (χ1n) is 6.29. The minimum atomic E-state index is 0.563. The van der Waals surface area contributed by atoms with E-state index in [1.54, 1.807) is 14.2 Å². The maximum Gasteiger partial charge on any atom is 0.203 e. The van der Waals surface area contributed by atoms with E-state index in [-0.39, 0.29) is 0 Å². The lowest BCUT2D eigenvalue weighted by Gasteiger charge is -2.16. The van der Waals surface area contributed by atoms with Crippen LogP contribution in [0.2, 0.25) is 0 Å². The third kappa shape index (κ3) is 4.48. The summed E-state index contributed by atoms with van der Waals surface area (Å²) in [4.78, 5) is 0. The summed E-state index contributed by atoms with van der Waals surface area (Å²) in [7, 11) is 5.16. The van der Waals surface area contributed by atoms with Crippen LogP contribution >= 0.6 is 0 Å². The van der Waals surface area contributed by atoms with Crippen LogP contribution in [0.4, 0.5) is 0 Å². The Balaban J connectivity index is 2.95. The van der Waals surface area contributed by atoms with Crippen molar-refractivity contribution in [2.75, 3.05) is 27.9 Å². The zero-order valence-corrected chi connectivity index (χ0v) is 12.2. The first-order valence-corrected chi connectivity index (χ1v) is 6.29. The van der Waals surface area contributed by atoms with E-state index in [1.807, 2.05) is 26.1 Å². The van der Waals surface area contributed by atoms with Crippen molar-refractivity contribution in [3.8, 4) is 17.2 Å². The number of benzene rings is 1. The molecule has 1 N–H and O–H groups in total. The number of nitrogens with one attached hydrogen (secondary N) is 1. The molecule has 0 bridgehead atoms. The van der Waals surface area contributed by atoms with Crippen LogP contribution in [0.25, 0.3) is 0 Å². The molecule has 0 atom stereocenters. The summed E-state index contributed by atoms with van der Waals surface area (Å²) in [6.45, 7) is 7.15. The van der Waals surface area contributed by atoms with Gasteiger partial charge in [-0.25, -0.2) is 0 Å². The second-order valence-electron chi connectivity index (χ2n) is 4.42. The molecule has 0 saturated carbocycles. The fourth-order valence-corrected chi connectivity index (χ4v) is 1.71. The monoisotopic (exact) mass is 265 g/mol. The van der Waals surface area contributed by atoms with Crippen LogP contribution in [0.5, 0.6) is 17.2 Å². The SMILES string of the molecule is C=C(C)CCOc1c(OC)cc(CNC)cc1OC. The lowest BCUT2D eigenvalue weighted by atomic mass is 10.1. The van der Waals surface area contributed by atoms with E-state index in [0.717, 1.165) is 24.1 Å². The van der Waals surface area contributed by atoms with Crippen molar-refractivity contribution in [2.45, 2.75) is 19.9 Å². The van der Waals surface area contributed by atoms with Gasteiger partial charge in [-0.15, -0.1) is 6.58 Å². The Morgan fingerprint density at radius 2 is 1.79 bits per heavy atom. The van der Waals surface area contributed by atoms with Gasteiger partial charge in [0.05, 0.1) is 20.8 Å². The summed E-state index contributed by atoms with van der Waals surface area (Å²) in [5, 5.41) is 3.10. The number of hydrogen-bond donors (Lipinski definition) is 1. The summed E-state index contributed by atoms with van der Waals surface area (Å²) in [6.07, 6.45) is 0.810. The minimum absolute atomic E-state index is 0.563. The van der Waals surface area contributed by atoms with Crippen molar-refractivity contribution in [1.29, 1.82) is 0 Å². The lowest BCUT2D eigenvalue weighted by Crippen LogP contribution is -2.07. The lowest BCUT2D eigenvalue weighted by molar-refractivity contribution is 0.277. The van der Waals surface area contributed by atoms with Gasteiger partial charge in [0.15, 0.2) is 11.5 Å². The maximum absolute atomic E-state index is 5.76. The van der Waals surface area contributed by atoms with Gasteiger partial charge in [-0.1, -0.05) is 5.57 Å². The van der Waals surface area contributed by atoms with E-state index in [0.29, 0.717) is 23.9 Å². The molecule has 1 rings (SSSR count). The predicted molar refractivity (Wildman–Crippen MR) is 77.2 cm³/mol. The van der Waals surface area contributed by atoms with Gasteiger partial charge < -0.3 is 19.5 Å². The first kappa shape index (κ1) is 15.4. The molecule has 1 aromatic rings. The van der Waals surface area contributed by atoms with Gasteiger partial charge in [-0.05, 0) is 31.7 Å². The first-order chi connectivity index (χ1) is 9.12. The quantitative estimate of drug-likeness (QED) is 0.734. The second kappa shape index (κ2) is 7.69. The molecule has 0 aliphatic rings. The molecule has 0 unspecified atom stereocenters. The summed E-state index contributed by atoms with van der Waals surface area (Å²) >= 11 is 0. The predicted octanol–water partition coefficient (Wildman–Crippen LogP) is 2.77. The van der Waals surface area contributed by atoms with Gasteiger partial charge in [0.2, 0.25) is 5.75 Å². The molecule has 0 fully saturated rings. The molecule has 0 aliphatic heterocycles. The zero-order valence-electron chi connectivity index (χ0n) is 12.2. The van der Waals surface area contributed by atoms with Gasteiger partial charge in [0.1, 0.15) is 0 Å². The van der Waals surface area contributed by atoms with Crippen LogP contribution in [0.1, 0.15) is 18.9 Å². The van der Waals surface area contributed by atoms with E-state index in [9.17, 15) is 0 Å². The Kier molecular flexibility index (Phi) is 6.22. The molecule has 4 nitrogen and oxygen atoms in total. The maximum atomic E-state index is 5.76. The minimum Gasteiger partial charge on any atom is -0.493 e. The molecule has 0 heterocycles. The highest BCUT2D eigenvalue weighted by Gasteiger charge is 2.13. The molecule has 19 heavy (non-hydrogen) atoms. The average molecular weight is 265 g/mol. The molecule has 0 aromatic heterocycles. The average Bonchev–Trinajstić information content (AvgIpc) is 2.39. The Bertz CT molecular complexity index is 404. The molecule has 0 spiro atoms. The topological polar surface area (TPSA) is 39.7 Å². The highest BCUT2D eigenvalue weighted by atomic mass is 16.5. The van der Waals surface area contributed by atoms with Crippen LogP contribution in [0.15, 0.2) is 24.3 Å². The van der Waals surface area contributed by atoms with Gasteiger partial charge in [-0.2, -0.15) is 0 Å². The van der Waals surface area contributed by atoms with Crippen LogP contribution < -0.4 is 19.5 Å². The highest BCUT2D eigenvalue weighted by Crippen LogP contribution is 2.38. The molecule has 1 aromatic carbocycles. The largest absolute Gasteiger partial charge is 0.493 e. The van der Waals surface area contributed by atoms with E-state index in [1.165, 1.54) is 0 Å². The van der Waals surface area contributed by atoms with Gasteiger partial charge in [-0.3, -0.25) is 0 Å². The van der Waals surface area contributed by atoms with E-state index >= 15 is 0 Å². The number of ether oxygens (including phenoxy) is 3. The summed E-state index contributed by atoms with van der Waals surface area (Å²) in [6, 6.07) is 3.91. The molecular formula is C15H23NO3. The highest BCUT2D eigenvalue weighted by molar-refractivity contribution is 5.53. The van der Waals surface area contributed by atoms with Crippen LogP contribution in [0, 0.1) is 0 Å². The van der Waals surface area contributed by atoms with Crippen molar-refractivity contribution in [3.05, 3.63) is 29.8 Å². The fourth-order valence-electron chi connectivity index (χ4n) is 1.71. The molecule has 4 heteroatoms. The zero-order chi connectivity index (χ0) is 14.3. The van der Waals surface area contributed by atoms with Gasteiger partial charge >= 0.3 is 0 Å². The van der Waals surface area contributed by atoms with Crippen LogP contribution in [-0.4, -0.2) is 27.9 Å². The molecule has 0 radical (unpaired) electrons. The normalized spacial score (nSPS) is 10.1. The van der Waals surface area contributed by atoms with Gasteiger partial charge in [0, 0.05) is 13.0 Å². The van der Waals surface area contributed by atoms with Crippen molar-refractivity contribution in [1.82, 2.24) is 5.32 Å². The fraction of sp³-hybridized carbons (Fsp3) is 0.467. The molecule has 0 aliphatic carbocycles. The standard InChI is InChI=1S/C15H23NO3/c1-11(2)6-7-19-15-13(17-4)8-12(10-16-3)9-14(15)18-5/h8-9,16H,1,6-7,10H2,2-5H3.